The van der Waals surface area contributed by atoms with Crippen molar-refractivity contribution in [3.8, 4) is 0 Å². The topological polar surface area (TPSA) is 228 Å². The van der Waals surface area contributed by atoms with E-state index in [4.69, 9.17) is 39.5 Å². The van der Waals surface area contributed by atoms with Crippen molar-refractivity contribution in [3.63, 3.8) is 0 Å². The van der Waals surface area contributed by atoms with Crippen molar-refractivity contribution < 1.29 is 47.6 Å². The van der Waals surface area contributed by atoms with Gasteiger partial charge in [0.25, 0.3) is 0 Å². The Hall–Kier alpha value is -3.34. The molecule has 0 aromatic heterocycles. The molecular formula is C24H36N8O10. The zero-order valence-corrected chi connectivity index (χ0v) is 23.3. The molecule has 0 unspecified atom stereocenters. The summed E-state index contributed by atoms with van der Waals surface area (Å²) < 4.78 is 32.0. The van der Waals surface area contributed by atoms with Crippen molar-refractivity contribution in [2.24, 2.45) is 33.9 Å². The first-order chi connectivity index (χ1) is 20.5. The van der Waals surface area contributed by atoms with Crippen LogP contribution in [0.1, 0.15) is 0 Å². The minimum atomic E-state index is -0.811. The summed E-state index contributed by atoms with van der Waals surface area (Å²) in [5.74, 6) is -5.01. The highest BCUT2D eigenvalue weighted by atomic mass is 16.5. The second kappa shape index (κ2) is 18.3. The van der Waals surface area contributed by atoms with E-state index in [2.05, 4.69) is 20.1 Å². The van der Waals surface area contributed by atoms with E-state index in [0.29, 0.717) is 52.9 Å². The quantitative estimate of drug-likeness (QED) is 0.0473. The molecule has 0 N–H and O–H groups in total. The van der Waals surface area contributed by atoms with E-state index in [-0.39, 0.29) is 52.6 Å². The van der Waals surface area contributed by atoms with Gasteiger partial charge in [-0.05, 0) is 11.1 Å². The Morgan fingerprint density at radius 2 is 0.738 bits per heavy atom. The summed E-state index contributed by atoms with van der Waals surface area (Å²) in [6.07, 6.45) is 0. The number of fused-ring (bicyclic) bond motifs is 4. The fourth-order valence-electron chi connectivity index (χ4n) is 5.05. The summed E-state index contributed by atoms with van der Waals surface area (Å²) in [5.41, 5.74) is 16.3. The van der Waals surface area contributed by atoms with Crippen LogP contribution in [0.15, 0.2) is 10.2 Å². The molecule has 232 valence electrons. The van der Waals surface area contributed by atoms with Crippen LogP contribution in [0.3, 0.4) is 0 Å². The normalized spacial score (nSPS) is 22.6. The van der Waals surface area contributed by atoms with Crippen LogP contribution < -0.4 is 0 Å². The maximum absolute atomic E-state index is 12.9. The minimum Gasteiger partial charge on any atom is -0.379 e. The number of amides is 4. The number of rotatable bonds is 24. The molecule has 18 nitrogen and oxygen atoms in total. The molecular weight excluding hydrogens is 560 g/mol. The van der Waals surface area contributed by atoms with Gasteiger partial charge in [-0.2, -0.15) is 0 Å². The molecule has 0 aromatic rings. The summed E-state index contributed by atoms with van der Waals surface area (Å²) in [6.45, 7) is 3.90. The molecule has 2 saturated heterocycles. The van der Waals surface area contributed by atoms with Crippen molar-refractivity contribution in [1.29, 1.82) is 0 Å². The van der Waals surface area contributed by atoms with Crippen molar-refractivity contribution in [1.82, 2.24) is 9.80 Å². The molecule has 0 atom stereocenters. The average molecular weight is 597 g/mol. The van der Waals surface area contributed by atoms with Crippen molar-refractivity contribution >= 4 is 23.6 Å². The summed E-state index contributed by atoms with van der Waals surface area (Å²) in [6, 6.07) is 0. The van der Waals surface area contributed by atoms with E-state index in [9.17, 15) is 19.2 Å². The Labute approximate surface area is 241 Å². The number of likely N-dealkylation sites (tertiary alicyclic amines) is 2. The van der Waals surface area contributed by atoms with Crippen LogP contribution in [0.4, 0.5) is 0 Å². The van der Waals surface area contributed by atoms with E-state index in [1.165, 1.54) is 0 Å². The van der Waals surface area contributed by atoms with Gasteiger partial charge in [0, 0.05) is 22.9 Å². The van der Waals surface area contributed by atoms with Crippen LogP contribution in [0.5, 0.6) is 0 Å². The summed E-state index contributed by atoms with van der Waals surface area (Å²) in [7, 11) is 0. The van der Waals surface area contributed by atoms with Crippen LogP contribution in [0.25, 0.3) is 20.9 Å². The Balaban J connectivity index is 1.26. The predicted molar refractivity (Wildman–Crippen MR) is 140 cm³/mol. The second-order valence-corrected chi connectivity index (χ2v) is 9.34. The molecule has 0 spiro atoms. The van der Waals surface area contributed by atoms with Gasteiger partial charge in [-0.1, -0.05) is 10.2 Å². The third-order valence-electron chi connectivity index (χ3n) is 6.96. The van der Waals surface area contributed by atoms with Crippen molar-refractivity contribution in [3.05, 3.63) is 20.9 Å². The number of nitrogens with zero attached hydrogens (tertiary/aromatic N) is 8. The van der Waals surface area contributed by atoms with Gasteiger partial charge in [0.1, 0.15) is 0 Å². The van der Waals surface area contributed by atoms with Crippen LogP contribution in [-0.4, -0.2) is 139 Å². The number of ether oxygens (including phenoxy) is 6. The molecule has 42 heavy (non-hydrogen) atoms. The molecule has 3 fully saturated rings. The number of hydrogen-bond acceptors (Lipinski definition) is 12. The van der Waals surface area contributed by atoms with Gasteiger partial charge in [0.15, 0.2) is 0 Å². The number of carbonyl (C=O) groups excluding carboxylic acids is 4. The lowest BCUT2D eigenvalue weighted by Crippen LogP contribution is -2.50. The smallest absolute Gasteiger partial charge is 0.234 e. The molecule has 18 heteroatoms. The monoisotopic (exact) mass is 596 g/mol. The molecule has 3 aliphatic rings. The zero-order valence-electron chi connectivity index (χ0n) is 23.3. The molecule has 2 heterocycles. The fraction of sp³-hybridized carbons (Fsp3) is 0.833. The van der Waals surface area contributed by atoms with Crippen LogP contribution >= 0.6 is 0 Å². The van der Waals surface area contributed by atoms with Crippen molar-refractivity contribution in [2.75, 3.05) is 105 Å². The summed E-state index contributed by atoms with van der Waals surface area (Å²) >= 11 is 0. The lowest BCUT2D eigenvalue weighted by molar-refractivity contribution is -0.146. The van der Waals surface area contributed by atoms with Gasteiger partial charge < -0.3 is 28.4 Å². The highest BCUT2D eigenvalue weighted by molar-refractivity contribution is 6.17. The first kappa shape index (κ1) is 33.2. The van der Waals surface area contributed by atoms with Crippen LogP contribution in [-0.2, 0) is 47.6 Å². The zero-order chi connectivity index (χ0) is 30.2. The molecule has 1 aliphatic carbocycles. The van der Waals surface area contributed by atoms with E-state index in [0.717, 1.165) is 9.80 Å². The maximum atomic E-state index is 12.9. The molecule has 0 aromatic carbocycles. The Bertz CT molecular complexity index is 907. The van der Waals surface area contributed by atoms with Gasteiger partial charge in [-0.25, -0.2) is 0 Å². The average Bonchev–Trinajstić information content (AvgIpc) is 3.28. The lowest BCUT2D eigenvalue weighted by atomic mass is 9.59. The summed E-state index contributed by atoms with van der Waals surface area (Å²) in [4.78, 5) is 59.1. The third kappa shape index (κ3) is 8.83. The molecule has 0 bridgehead atoms. The Morgan fingerprint density at radius 1 is 0.476 bits per heavy atom. The highest BCUT2D eigenvalue weighted by Gasteiger charge is 2.73. The van der Waals surface area contributed by atoms with Crippen LogP contribution in [0, 0.1) is 23.7 Å². The highest BCUT2D eigenvalue weighted by Crippen LogP contribution is 2.56. The van der Waals surface area contributed by atoms with Gasteiger partial charge in [0.2, 0.25) is 23.6 Å². The second-order valence-electron chi connectivity index (χ2n) is 9.34. The van der Waals surface area contributed by atoms with Crippen LogP contribution in [0.2, 0.25) is 0 Å². The molecule has 2 aliphatic heterocycles. The third-order valence-corrected chi connectivity index (χ3v) is 6.96. The Morgan fingerprint density at radius 3 is 1.02 bits per heavy atom. The maximum Gasteiger partial charge on any atom is 0.234 e. The standard InChI is InChI=1S/C24H36N8O10/c25-29-27-1-5-37-9-13-41-15-11-39-7-3-31-21(33)17-18(22(31)34)20-19(17)23(35)32(24(20)36)4-8-40-12-16-42-14-10-38-6-2-28-30-26/h17-20H,1-16H2. The predicted octanol–water partition coefficient (Wildman–Crippen LogP) is -0.0774. The number of imide groups is 2. The SMILES string of the molecule is [N-]=[N+]=NCCOCCOCCOCCN1C(=O)C2C(C1=O)C1C(=O)N(CCOCCOCCOCCN=[N+]=[N-])C(=O)C21. The lowest BCUT2D eigenvalue weighted by Gasteiger charge is -2.36. The summed E-state index contributed by atoms with van der Waals surface area (Å²) in [5, 5.41) is 6.69. The largest absolute Gasteiger partial charge is 0.379 e. The van der Waals surface area contributed by atoms with Gasteiger partial charge in [0.05, 0.1) is 116 Å². The number of azide groups is 2. The van der Waals surface area contributed by atoms with Gasteiger partial charge in [-0.3, -0.25) is 29.0 Å². The number of hydrogen-bond donors (Lipinski definition) is 0. The fourth-order valence-corrected chi connectivity index (χ4v) is 5.05. The Kier molecular flexibility index (Phi) is 14.4. The minimum absolute atomic E-state index is 0.0382. The first-order valence-electron chi connectivity index (χ1n) is 13.7. The molecule has 4 amide bonds. The van der Waals surface area contributed by atoms with Gasteiger partial charge in [-0.15, -0.1) is 0 Å². The number of carbonyl (C=O) groups is 4. The van der Waals surface area contributed by atoms with E-state index < -0.39 is 47.3 Å². The van der Waals surface area contributed by atoms with E-state index in [1.807, 2.05) is 0 Å². The van der Waals surface area contributed by atoms with E-state index >= 15 is 0 Å². The molecule has 0 radical (unpaired) electrons. The molecule has 1 saturated carbocycles. The van der Waals surface area contributed by atoms with E-state index in [1.54, 1.807) is 0 Å². The van der Waals surface area contributed by atoms with Gasteiger partial charge >= 0.3 is 0 Å². The first-order valence-corrected chi connectivity index (χ1v) is 13.7. The molecule has 3 rings (SSSR count). The van der Waals surface area contributed by atoms with Crippen molar-refractivity contribution in [2.45, 2.75) is 0 Å².